The number of rotatable bonds is 1. The van der Waals surface area contributed by atoms with Gasteiger partial charge in [0, 0.05) is 19.6 Å². The van der Waals surface area contributed by atoms with Crippen molar-refractivity contribution in [2.24, 2.45) is 5.41 Å². The van der Waals surface area contributed by atoms with Gasteiger partial charge in [-0.05, 0) is 55.4 Å². The lowest BCUT2D eigenvalue weighted by atomic mass is 9.75. The molecule has 0 saturated carbocycles. The molecule has 2 aliphatic heterocycles. The van der Waals surface area contributed by atoms with Crippen LogP contribution in [-0.4, -0.2) is 43.0 Å². The first kappa shape index (κ1) is 23.9. The van der Waals surface area contributed by atoms with Crippen molar-refractivity contribution in [3.8, 4) is 5.75 Å². The number of ether oxygens (including phenoxy) is 1. The first-order valence-corrected chi connectivity index (χ1v) is 11.4. The first-order chi connectivity index (χ1) is 16.3. The molecule has 5 nitrogen and oxygen atoms in total. The Labute approximate surface area is 196 Å². The van der Waals surface area contributed by atoms with Gasteiger partial charge < -0.3 is 15.0 Å². The molecule has 4 rings (SSSR count). The number of piperidine rings is 1. The standard InChI is InChI=1S/C26H27F3N2O3/c27-26(28,29)21-10-4-2-8-19(21)24(33)31-15-13-25(14-16-31)12-6-1-7-17-34-22-11-5-3-9-20(22)23(32)30-18-25/h1-6,8-11H,7,12-18H2,(H,30,32). The lowest BCUT2D eigenvalue weighted by molar-refractivity contribution is -0.138. The highest BCUT2D eigenvalue weighted by atomic mass is 19.4. The van der Waals surface area contributed by atoms with Gasteiger partial charge in [-0.15, -0.1) is 0 Å². The Morgan fingerprint density at radius 3 is 2.47 bits per heavy atom. The largest absolute Gasteiger partial charge is 0.492 e. The van der Waals surface area contributed by atoms with Gasteiger partial charge in [0.15, 0.2) is 0 Å². The molecule has 1 spiro atoms. The number of fused-ring (bicyclic) bond motifs is 1. The van der Waals surface area contributed by atoms with Gasteiger partial charge in [0.25, 0.3) is 11.8 Å². The second kappa shape index (κ2) is 9.91. The van der Waals surface area contributed by atoms with Crippen molar-refractivity contribution >= 4 is 11.8 Å². The number of likely N-dealkylation sites (tertiary alicyclic amines) is 1. The summed E-state index contributed by atoms with van der Waals surface area (Å²) >= 11 is 0. The third-order valence-electron chi connectivity index (χ3n) is 6.59. The summed E-state index contributed by atoms with van der Waals surface area (Å²) in [6.07, 6.45) is 2.09. The third kappa shape index (κ3) is 5.26. The second-order valence-electron chi connectivity index (χ2n) is 8.83. The van der Waals surface area contributed by atoms with Gasteiger partial charge in [0.1, 0.15) is 5.75 Å². The van der Waals surface area contributed by atoms with E-state index >= 15 is 0 Å². The van der Waals surface area contributed by atoms with Crippen LogP contribution in [0.1, 0.15) is 52.0 Å². The Kier molecular flexibility index (Phi) is 6.95. The summed E-state index contributed by atoms with van der Waals surface area (Å²) in [5.74, 6) is -0.300. The molecule has 2 aromatic carbocycles. The highest BCUT2D eigenvalue weighted by Gasteiger charge is 2.39. The van der Waals surface area contributed by atoms with E-state index in [9.17, 15) is 22.8 Å². The average molecular weight is 473 g/mol. The fourth-order valence-electron chi connectivity index (χ4n) is 4.56. The molecule has 1 N–H and O–H groups in total. The van der Waals surface area contributed by atoms with E-state index in [2.05, 4.69) is 11.4 Å². The average Bonchev–Trinajstić information content (AvgIpc) is 2.84. The summed E-state index contributed by atoms with van der Waals surface area (Å²) in [6, 6.07) is 12.0. The highest BCUT2D eigenvalue weighted by Crippen LogP contribution is 2.37. The number of benzene rings is 2. The predicted octanol–water partition coefficient (Wildman–Crippen LogP) is 5.09. The molecule has 34 heavy (non-hydrogen) atoms. The van der Waals surface area contributed by atoms with Crippen LogP contribution in [0.5, 0.6) is 5.75 Å². The van der Waals surface area contributed by atoms with Crippen LogP contribution in [0.2, 0.25) is 0 Å². The third-order valence-corrected chi connectivity index (χ3v) is 6.59. The number of hydrogen-bond donors (Lipinski definition) is 1. The smallest absolute Gasteiger partial charge is 0.417 e. The van der Waals surface area contributed by atoms with Crippen LogP contribution >= 0.6 is 0 Å². The SMILES string of the molecule is O=C1NCC2(CC=CCCOc3ccccc31)CCN(C(=O)c1ccccc1C(F)(F)F)CC2. The van der Waals surface area contributed by atoms with Crippen molar-refractivity contribution < 1.29 is 27.5 Å². The molecular formula is C26H27F3N2O3. The molecule has 2 aliphatic rings. The molecule has 2 heterocycles. The van der Waals surface area contributed by atoms with Gasteiger partial charge in [0.05, 0.1) is 23.3 Å². The van der Waals surface area contributed by atoms with Crippen LogP contribution in [0.15, 0.2) is 60.7 Å². The van der Waals surface area contributed by atoms with Crippen molar-refractivity contribution in [1.82, 2.24) is 10.2 Å². The lowest BCUT2D eigenvalue weighted by Gasteiger charge is -2.42. The minimum Gasteiger partial charge on any atom is -0.492 e. The summed E-state index contributed by atoms with van der Waals surface area (Å²) in [4.78, 5) is 27.3. The molecule has 0 atom stereocenters. The predicted molar refractivity (Wildman–Crippen MR) is 122 cm³/mol. The molecule has 0 bridgehead atoms. The number of para-hydroxylation sites is 1. The fraction of sp³-hybridized carbons (Fsp3) is 0.385. The number of nitrogens with one attached hydrogen (secondary N) is 1. The number of amides is 2. The van der Waals surface area contributed by atoms with Crippen LogP contribution in [0.25, 0.3) is 0 Å². The van der Waals surface area contributed by atoms with E-state index in [0.717, 1.165) is 6.07 Å². The van der Waals surface area contributed by atoms with Crippen LogP contribution in [0.4, 0.5) is 13.2 Å². The van der Waals surface area contributed by atoms with Crippen molar-refractivity contribution in [3.63, 3.8) is 0 Å². The van der Waals surface area contributed by atoms with Crippen LogP contribution in [0.3, 0.4) is 0 Å². The van der Waals surface area contributed by atoms with Crippen molar-refractivity contribution in [3.05, 3.63) is 77.4 Å². The molecule has 180 valence electrons. The normalized spacial score (nSPS) is 18.8. The van der Waals surface area contributed by atoms with E-state index < -0.39 is 17.6 Å². The van der Waals surface area contributed by atoms with Crippen LogP contribution in [0, 0.1) is 5.41 Å². The lowest BCUT2D eigenvalue weighted by Crippen LogP contribution is -2.48. The molecule has 0 aliphatic carbocycles. The van der Waals surface area contributed by atoms with Gasteiger partial charge >= 0.3 is 6.18 Å². The zero-order chi connectivity index (χ0) is 24.2. The highest BCUT2D eigenvalue weighted by molar-refractivity contribution is 5.97. The van der Waals surface area contributed by atoms with Gasteiger partial charge in [-0.1, -0.05) is 36.4 Å². The Hall–Kier alpha value is -3.29. The molecule has 2 amide bonds. The minimum absolute atomic E-state index is 0.225. The summed E-state index contributed by atoms with van der Waals surface area (Å²) < 4.78 is 45.9. The number of carbonyl (C=O) groups excluding carboxylic acids is 2. The van der Waals surface area contributed by atoms with Gasteiger partial charge in [-0.2, -0.15) is 13.2 Å². The van der Waals surface area contributed by atoms with Crippen LogP contribution in [-0.2, 0) is 6.18 Å². The fourth-order valence-corrected chi connectivity index (χ4v) is 4.56. The van der Waals surface area contributed by atoms with E-state index in [0.29, 0.717) is 63.2 Å². The maximum atomic E-state index is 13.4. The topological polar surface area (TPSA) is 58.6 Å². The minimum atomic E-state index is -4.59. The van der Waals surface area contributed by atoms with E-state index in [1.165, 1.54) is 23.1 Å². The van der Waals surface area contributed by atoms with Crippen LogP contribution < -0.4 is 10.1 Å². The number of halogens is 3. The van der Waals surface area contributed by atoms with Crippen molar-refractivity contribution in [2.45, 2.75) is 31.9 Å². The molecule has 1 saturated heterocycles. The summed E-state index contributed by atoms with van der Waals surface area (Å²) in [5, 5.41) is 3.02. The Morgan fingerprint density at radius 2 is 1.71 bits per heavy atom. The van der Waals surface area contributed by atoms with Gasteiger partial charge in [-0.3, -0.25) is 9.59 Å². The molecule has 0 radical (unpaired) electrons. The number of nitrogens with zero attached hydrogens (tertiary/aromatic N) is 1. The number of alkyl halides is 3. The number of carbonyl (C=O) groups is 2. The van der Waals surface area contributed by atoms with Crippen molar-refractivity contribution in [1.29, 1.82) is 0 Å². The van der Waals surface area contributed by atoms with Gasteiger partial charge in [0.2, 0.25) is 0 Å². The molecule has 2 aromatic rings. The molecule has 0 unspecified atom stereocenters. The maximum absolute atomic E-state index is 13.4. The monoisotopic (exact) mass is 472 g/mol. The Morgan fingerprint density at radius 1 is 1.00 bits per heavy atom. The molecule has 1 fully saturated rings. The summed E-state index contributed by atoms with van der Waals surface area (Å²) in [5.41, 5.74) is -1.04. The quantitative estimate of drug-likeness (QED) is 0.589. The van der Waals surface area contributed by atoms with E-state index in [-0.39, 0.29) is 16.9 Å². The zero-order valence-electron chi connectivity index (χ0n) is 18.7. The van der Waals surface area contributed by atoms with E-state index in [4.69, 9.17) is 4.74 Å². The summed E-state index contributed by atoms with van der Waals surface area (Å²) in [6.45, 7) is 1.52. The molecule has 8 heteroatoms. The summed E-state index contributed by atoms with van der Waals surface area (Å²) in [7, 11) is 0. The van der Waals surface area contributed by atoms with E-state index in [1.54, 1.807) is 18.2 Å². The van der Waals surface area contributed by atoms with Crippen molar-refractivity contribution in [2.75, 3.05) is 26.2 Å². The molecule has 0 aromatic heterocycles. The Bertz CT molecular complexity index is 1070. The number of hydrogen-bond acceptors (Lipinski definition) is 3. The van der Waals surface area contributed by atoms with E-state index in [1.807, 2.05) is 12.1 Å². The number of allylic oxidation sites excluding steroid dienone is 1. The van der Waals surface area contributed by atoms with Gasteiger partial charge in [-0.25, -0.2) is 0 Å². The zero-order valence-corrected chi connectivity index (χ0v) is 18.7. The first-order valence-electron chi connectivity index (χ1n) is 11.4. The second-order valence-corrected chi connectivity index (χ2v) is 8.83. The molecular weight excluding hydrogens is 445 g/mol. The Balaban J connectivity index is 1.49. The maximum Gasteiger partial charge on any atom is 0.417 e.